The molecular formula is C16H26ClNO2S. The molecule has 1 atom stereocenters. The number of halogens is 1. The van der Waals surface area contributed by atoms with Gasteiger partial charge in [-0.05, 0) is 56.0 Å². The van der Waals surface area contributed by atoms with E-state index in [0.717, 1.165) is 31.0 Å². The SMILES string of the molecule is CCCNCC(CCS(=O)(=O)CC)Cc1ccc(Cl)cc1. The van der Waals surface area contributed by atoms with E-state index < -0.39 is 9.84 Å². The largest absolute Gasteiger partial charge is 0.316 e. The number of benzene rings is 1. The van der Waals surface area contributed by atoms with Crippen molar-refractivity contribution >= 4 is 21.4 Å². The molecular weight excluding hydrogens is 306 g/mol. The highest BCUT2D eigenvalue weighted by atomic mass is 35.5. The summed E-state index contributed by atoms with van der Waals surface area (Å²) in [4.78, 5) is 0. The first kappa shape index (κ1) is 18.5. The minimum Gasteiger partial charge on any atom is -0.316 e. The lowest BCUT2D eigenvalue weighted by Gasteiger charge is -2.18. The third kappa shape index (κ3) is 7.84. The topological polar surface area (TPSA) is 46.2 Å². The first-order valence-electron chi connectivity index (χ1n) is 7.62. The molecule has 0 aliphatic heterocycles. The summed E-state index contributed by atoms with van der Waals surface area (Å²) in [6.45, 7) is 5.66. The molecule has 1 aromatic rings. The van der Waals surface area contributed by atoms with Gasteiger partial charge >= 0.3 is 0 Å². The van der Waals surface area contributed by atoms with Crippen LogP contribution >= 0.6 is 11.6 Å². The van der Waals surface area contributed by atoms with Gasteiger partial charge in [-0.15, -0.1) is 0 Å². The maximum Gasteiger partial charge on any atom is 0.150 e. The summed E-state index contributed by atoms with van der Waals surface area (Å²) in [6, 6.07) is 7.80. The molecule has 1 unspecified atom stereocenters. The van der Waals surface area contributed by atoms with Gasteiger partial charge in [0.25, 0.3) is 0 Å². The Hall–Kier alpha value is -0.580. The van der Waals surface area contributed by atoms with Crippen LogP contribution in [-0.2, 0) is 16.3 Å². The van der Waals surface area contributed by atoms with Crippen molar-refractivity contribution in [3.8, 4) is 0 Å². The number of hydrogen-bond acceptors (Lipinski definition) is 3. The molecule has 0 heterocycles. The zero-order valence-electron chi connectivity index (χ0n) is 12.9. The summed E-state index contributed by atoms with van der Waals surface area (Å²) in [6.07, 6.45) is 2.67. The van der Waals surface area contributed by atoms with Crippen LogP contribution in [0.15, 0.2) is 24.3 Å². The van der Waals surface area contributed by atoms with Crippen LogP contribution in [0.5, 0.6) is 0 Å². The smallest absolute Gasteiger partial charge is 0.150 e. The summed E-state index contributed by atoms with van der Waals surface area (Å²) in [7, 11) is -2.89. The van der Waals surface area contributed by atoms with Gasteiger partial charge in [0.1, 0.15) is 9.84 Å². The Kier molecular flexibility index (Phi) is 8.30. The van der Waals surface area contributed by atoms with Crippen LogP contribution in [-0.4, -0.2) is 33.0 Å². The molecule has 0 spiro atoms. The van der Waals surface area contributed by atoms with Crippen LogP contribution in [0.2, 0.25) is 5.02 Å². The second kappa shape index (κ2) is 9.44. The quantitative estimate of drug-likeness (QED) is 0.669. The van der Waals surface area contributed by atoms with E-state index in [-0.39, 0.29) is 11.5 Å². The first-order chi connectivity index (χ1) is 9.96. The Morgan fingerprint density at radius 1 is 1.19 bits per heavy atom. The molecule has 1 N–H and O–H groups in total. The highest BCUT2D eigenvalue weighted by molar-refractivity contribution is 7.91. The second-order valence-corrected chi connectivity index (χ2v) is 8.33. The van der Waals surface area contributed by atoms with Gasteiger partial charge in [0.15, 0.2) is 0 Å². The molecule has 1 aromatic carbocycles. The van der Waals surface area contributed by atoms with Crippen molar-refractivity contribution in [3.05, 3.63) is 34.9 Å². The van der Waals surface area contributed by atoms with Crippen molar-refractivity contribution in [2.75, 3.05) is 24.6 Å². The van der Waals surface area contributed by atoms with E-state index in [1.165, 1.54) is 5.56 Å². The fourth-order valence-corrected chi connectivity index (χ4v) is 3.31. The second-order valence-electron chi connectivity index (χ2n) is 5.43. The highest BCUT2D eigenvalue weighted by Crippen LogP contribution is 2.16. The van der Waals surface area contributed by atoms with E-state index in [9.17, 15) is 8.42 Å². The highest BCUT2D eigenvalue weighted by Gasteiger charge is 2.15. The van der Waals surface area contributed by atoms with Gasteiger partial charge in [-0.2, -0.15) is 0 Å². The Labute approximate surface area is 134 Å². The van der Waals surface area contributed by atoms with Gasteiger partial charge in [-0.1, -0.05) is 37.6 Å². The number of rotatable bonds is 10. The number of nitrogens with one attached hydrogen (secondary N) is 1. The Morgan fingerprint density at radius 2 is 1.86 bits per heavy atom. The van der Waals surface area contributed by atoms with Crippen molar-refractivity contribution in [1.82, 2.24) is 5.32 Å². The van der Waals surface area contributed by atoms with Gasteiger partial charge in [0.05, 0.1) is 5.75 Å². The maximum atomic E-state index is 11.7. The summed E-state index contributed by atoms with van der Waals surface area (Å²) in [5, 5.41) is 4.13. The van der Waals surface area contributed by atoms with E-state index in [0.29, 0.717) is 12.3 Å². The fraction of sp³-hybridized carbons (Fsp3) is 0.625. The van der Waals surface area contributed by atoms with Gasteiger partial charge in [0, 0.05) is 10.8 Å². The Morgan fingerprint density at radius 3 is 2.43 bits per heavy atom. The van der Waals surface area contributed by atoms with E-state index >= 15 is 0 Å². The van der Waals surface area contributed by atoms with Crippen LogP contribution in [0.3, 0.4) is 0 Å². The lowest BCUT2D eigenvalue weighted by molar-refractivity contribution is 0.458. The lowest BCUT2D eigenvalue weighted by atomic mass is 9.97. The van der Waals surface area contributed by atoms with E-state index in [4.69, 9.17) is 11.6 Å². The molecule has 1 rings (SSSR count). The molecule has 21 heavy (non-hydrogen) atoms. The molecule has 0 saturated heterocycles. The van der Waals surface area contributed by atoms with Crippen LogP contribution < -0.4 is 5.32 Å². The Balaban J connectivity index is 2.60. The zero-order chi connectivity index (χ0) is 15.7. The fourth-order valence-electron chi connectivity index (χ4n) is 2.20. The van der Waals surface area contributed by atoms with Crippen molar-refractivity contribution < 1.29 is 8.42 Å². The van der Waals surface area contributed by atoms with Gasteiger partial charge in [0.2, 0.25) is 0 Å². The molecule has 0 radical (unpaired) electrons. The molecule has 0 amide bonds. The average molecular weight is 332 g/mol. The predicted octanol–water partition coefficient (Wildman–Crippen LogP) is 3.32. The standard InChI is InChI=1S/C16H26ClNO2S/c1-3-10-18-13-15(9-11-21(19,20)4-2)12-14-5-7-16(17)8-6-14/h5-8,15,18H,3-4,9-13H2,1-2H3. The van der Waals surface area contributed by atoms with Gasteiger partial charge in [-0.3, -0.25) is 0 Å². The minimum absolute atomic E-state index is 0.225. The molecule has 0 saturated carbocycles. The zero-order valence-corrected chi connectivity index (χ0v) is 14.5. The van der Waals surface area contributed by atoms with Crippen molar-refractivity contribution in [1.29, 1.82) is 0 Å². The summed E-state index contributed by atoms with van der Waals surface area (Å²) in [5.41, 5.74) is 1.21. The molecule has 0 aliphatic carbocycles. The molecule has 3 nitrogen and oxygen atoms in total. The third-order valence-corrected chi connectivity index (χ3v) is 5.56. The third-order valence-electron chi connectivity index (χ3n) is 3.57. The van der Waals surface area contributed by atoms with Gasteiger partial charge in [-0.25, -0.2) is 8.42 Å². The molecule has 0 aliphatic rings. The van der Waals surface area contributed by atoms with Gasteiger partial charge < -0.3 is 5.32 Å². The van der Waals surface area contributed by atoms with E-state index in [1.807, 2.05) is 24.3 Å². The van der Waals surface area contributed by atoms with Crippen molar-refractivity contribution in [3.63, 3.8) is 0 Å². The number of sulfone groups is 1. The van der Waals surface area contributed by atoms with E-state index in [1.54, 1.807) is 6.92 Å². The summed E-state index contributed by atoms with van der Waals surface area (Å²) in [5.74, 6) is 0.831. The molecule has 120 valence electrons. The lowest BCUT2D eigenvalue weighted by Crippen LogP contribution is -2.27. The van der Waals surface area contributed by atoms with Crippen LogP contribution in [0.1, 0.15) is 32.3 Å². The predicted molar refractivity (Wildman–Crippen MR) is 90.8 cm³/mol. The first-order valence-corrected chi connectivity index (χ1v) is 9.82. The number of hydrogen-bond donors (Lipinski definition) is 1. The summed E-state index contributed by atoms with van der Waals surface area (Å²) >= 11 is 5.90. The minimum atomic E-state index is -2.89. The average Bonchev–Trinajstić information content (AvgIpc) is 2.47. The van der Waals surface area contributed by atoms with E-state index in [2.05, 4.69) is 12.2 Å². The van der Waals surface area contributed by atoms with Crippen LogP contribution in [0.25, 0.3) is 0 Å². The van der Waals surface area contributed by atoms with Crippen LogP contribution in [0, 0.1) is 5.92 Å². The monoisotopic (exact) mass is 331 g/mol. The Bertz CT molecular complexity index is 500. The molecule has 5 heteroatoms. The summed E-state index contributed by atoms with van der Waals surface area (Å²) < 4.78 is 23.4. The van der Waals surface area contributed by atoms with Crippen molar-refractivity contribution in [2.45, 2.75) is 33.1 Å². The molecule has 0 aromatic heterocycles. The normalized spacial score (nSPS) is 13.3. The maximum absolute atomic E-state index is 11.7. The molecule has 0 fully saturated rings. The molecule has 0 bridgehead atoms. The van der Waals surface area contributed by atoms with Crippen LogP contribution in [0.4, 0.5) is 0 Å². The van der Waals surface area contributed by atoms with Crippen molar-refractivity contribution in [2.24, 2.45) is 5.92 Å².